The van der Waals surface area contributed by atoms with Crippen LogP contribution in [0.5, 0.6) is 0 Å². The largest absolute Gasteiger partial charge is 0.389 e. The molecule has 0 aliphatic heterocycles. The van der Waals surface area contributed by atoms with Gasteiger partial charge < -0.3 is 21.5 Å². The Morgan fingerprint density at radius 3 is 1.96 bits per heavy atom. The van der Waals surface area contributed by atoms with Crippen LogP contribution in [0, 0.1) is 5.92 Å². The number of hydrogen-bond donors (Lipinski definition) is 4. The van der Waals surface area contributed by atoms with E-state index in [2.05, 4.69) is 36.6 Å². The van der Waals surface area contributed by atoms with E-state index >= 15 is 0 Å². The summed E-state index contributed by atoms with van der Waals surface area (Å²) in [4.78, 5) is 23.6. The quantitative estimate of drug-likeness (QED) is 0.515. The van der Waals surface area contributed by atoms with Gasteiger partial charge in [-0.1, -0.05) is 38.1 Å². The average Bonchev–Trinajstić information content (AvgIpc) is 2.56. The lowest BCUT2D eigenvalue weighted by Crippen LogP contribution is -2.45. The number of carbonyl (C=O) groups is 2. The molecular formula is C19H32ClN3O3. The predicted octanol–water partition coefficient (Wildman–Crippen LogP) is 1.35. The first kappa shape index (κ1) is 24.4. The summed E-state index contributed by atoms with van der Waals surface area (Å²) in [5.74, 6) is -0.204. The van der Waals surface area contributed by atoms with Gasteiger partial charge in [-0.05, 0) is 37.3 Å². The first-order valence-electron chi connectivity index (χ1n) is 8.78. The molecular weight excluding hydrogens is 354 g/mol. The first-order valence-corrected chi connectivity index (χ1v) is 8.78. The summed E-state index contributed by atoms with van der Waals surface area (Å²) in [6.45, 7) is 7.87. The van der Waals surface area contributed by atoms with Crippen molar-refractivity contribution >= 4 is 24.2 Å². The van der Waals surface area contributed by atoms with Crippen LogP contribution in [-0.4, -0.2) is 42.2 Å². The Bertz CT molecular complexity index is 562. The van der Waals surface area contributed by atoms with Crippen LogP contribution in [0.1, 0.15) is 44.7 Å². The molecule has 6 nitrogen and oxygen atoms in total. The van der Waals surface area contributed by atoms with Crippen molar-refractivity contribution in [3.8, 4) is 0 Å². The fourth-order valence-corrected chi connectivity index (χ4v) is 2.39. The normalized spacial score (nSPS) is 14.1. The number of benzene rings is 1. The summed E-state index contributed by atoms with van der Waals surface area (Å²) >= 11 is 0. The molecule has 0 heterocycles. The zero-order valence-electron chi connectivity index (χ0n) is 16.0. The van der Waals surface area contributed by atoms with Crippen LogP contribution >= 0.6 is 12.4 Å². The topological polar surface area (TPSA) is 104 Å². The van der Waals surface area contributed by atoms with Gasteiger partial charge in [0, 0.05) is 13.1 Å². The van der Waals surface area contributed by atoms with E-state index in [0.717, 1.165) is 12.0 Å². The van der Waals surface area contributed by atoms with Crippen LogP contribution in [-0.2, 0) is 16.0 Å². The third-order valence-corrected chi connectivity index (χ3v) is 3.95. The van der Waals surface area contributed by atoms with Crippen molar-refractivity contribution in [3.05, 3.63) is 35.4 Å². The molecule has 3 atom stereocenters. The second kappa shape index (κ2) is 11.9. The number of carbonyl (C=O) groups excluding carboxylic acids is 2. The molecule has 2 amide bonds. The third-order valence-electron chi connectivity index (χ3n) is 3.95. The van der Waals surface area contributed by atoms with Gasteiger partial charge in [-0.2, -0.15) is 0 Å². The lowest BCUT2D eigenvalue weighted by molar-refractivity contribution is -0.122. The molecule has 26 heavy (non-hydrogen) atoms. The minimum atomic E-state index is -0.854. The first-order chi connectivity index (χ1) is 11.7. The Balaban J connectivity index is 0.00000625. The van der Waals surface area contributed by atoms with Crippen LogP contribution in [0.4, 0.5) is 0 Å². The van der Waals surface area contributed by atoms with Gasteiger partial charge in [-0.15, -0.1) is 12.4 Å². The summed E-state index contributed by atoms with van der Waals surface area (Å²) in [6, 6.07) is 7.43. The van der Waals surface area contributed by atoms with Gasteiger partial charge in [0.1, 0.15) is 0 Å². The fourth-order valence-electron chi connectivity index (χ4n) is 2.39. The molecule has 0 spiro atoms. The van der Waals surface area contributed by atoms with E-state index in [0.29, 0.717) is 5.92 Å². The molecule has 0 saturated heterocycles. The van der Waals surface area contributed by atoms with E-state index in [1.807, 2.05) is 19.1 Å². The minimum Gasteiger partial charge on any atom is -0.389 e. The molecule has 0 aliphatic carbocycles. The Morgan fingerprint density at radius 1 is 1.00 bits per heavy atom. The molecule has 1 aromatic rings. The molecule has 7 heteroatoms. The Morgan fingerprint density at radius 2 is 1.50 bits per heavy atom. The second-order valence-corrected chi connectivity index (χ2v) is 6.99. The molecule has 1 aromatic carbocycles. The maximum absolute atomic E-state index is 12.2. The monoisotopic (exact) mass is 385 g/mol. The van der Waals surface area contributed by atoms with Crippen molar-refractivity contribution in [1.82, 2.24) is 10.6 Å². The van der Waals surface area contributed by atoms with Gasteiger partial charge in [-0.25, -0.2) is 0 Å². The smallest absolute Gasteiger partial charge is 0.236 e. The van der Waals surface area contributed by atoms with Crippen molar-refractivity contribution in [2.24, 2.45) is 11.7 Å². The van der Waals surface area contributed by atoms with Gasteiger partial charge in [-0.3, -0.25) is 9.59 Å². The Hall–Kier alpha value is -1.63. The SMILES string of the molecule is CC(C)Cc1ccc(C(C)C(=O)NCC(O)CNC(=O)[C@H](C)N)cc1.Cl. The van der Waals surface area contributed by atoms with Crippen molar-refractivity contribution < 1.29 is 14.7 Å². The van der Waals surface area contributed by atoms with E-state index in [-0.39, 0.29) is 43.2 Å². The Labute approximate surface area is 162 Å². The highest BCUT2D eigenvalue weighted by Crippen LogP contribution is 2.17. The molecule has 148 valence electrons. The Kier molecular flexibility index (Phi) is 11.1. The molecule has 0 aromatic heterocycles. The number of rotatable bonds is 9. The van der Waals surface area contributed by atoms with Gasteiger partial charge in [0.2, 0.25) is 11.8 Å². The van der Waals surface area contributed by atoms with Crippen molar-refractivity contribution in [2.45, 2.75) is 52.2 Å². The minimum absolute atomic E-state index is 0. The highest BCUT2D eigenvalue weighted by molar-refractivity contribution is 5.85. The number of aliphatic hydroxyl groups is 1. The van der Waals surface area contributed by atoms with Crippen LogP contribution in [0.25, 0.3) is 0 Å². The second-order valence-electron chi connectivity index (χ2n) is 6.99. The molecule has 2 unspecified atom stereocenters. The maximum atomic E-state index is 12.2. The summed E-state index contributed by atoms with van der Waals surface area (Å²) in [7, 11) is 0. The molecule has 0 fully saturated rings. The number of nitrogens with one attached hydrogen (secondary N) is 2. The number of aliphatic hydroxyl groups excluding tert-OH is 1. The molecule has 0 bridgehead atoms. The molecule has 1 rings (SSSR count). The molecule has 0 radical (unpaired) electrons. The van der Waals surface area contributed by atoms with Crippen LogP contribution in [0.3, 0.4) is 0 Å². The lowest BCUT2D eigenvalue weighted by atomic mass is 9.96. The number of hydrogen-bond acceptors (Lipinski definition) is 4. The summed E-state index contributed by atoms with van der Waals surface area (Å²) < 4.78 is 0. The number of amides is 2. The molecule has 0 aliphatic rings. The van der Waals surface area contributed by atoms with Crippen LogP contribution in [0.2, 0.25) is 0 Å². The van der Waals surface area contributed by atoms with Crippen molar-refractivity contribution in [2.75, 3.05) is 13.1 Å². The van der Waals surface area contributed by atoms with Crippen LogP contribution in [0.15, 0.2) is 24.3 Å². The third kappa shape index (κ3) is 8.65. The van der Waals surface area contributed by atoms with Crippen molar-refractivity contribution in [3.63, 3.8) is 0 Å². The highest BCUT2D eigenvalue weighted by Gasteiger charge is 2.17. The van der Waals surface area contributed by atoms with E-state index < -0.39 is 12.1 Å². The van der Waals surface area contributed by atoms with E-state index in [9.17, 15) is 14.7 Å². The van der Waals surface area contributed by atoms with Crippen LogP contribution < -0.4 is 16.4 Å². The van der Waals surface area contributed by atoms with E-state index in [1.165, 1.54) is 5.56 Å². The average molecular weight is 386 g/mol. The van der Waals surface area contributed by atoms with Gasteiger partial charge >= 0.3 is 0 Å². The predicted molar refractivity (Wildman–Crippen MR) is 106 cm³/mol. The number of nitrogens with two attached hydrogens (primary N) is 1. The highest BCUT2D eigenvalue weighted by atomic mass is 35.5. The lowest BCUT2D eigenvalue weighted by Gasteiger charge is -2.17. The molecule has 0 saturated carbocycles. The van der Waals surface area contributed by atoms with E-state index in [4.69, 9.17) is 5.73 Å². The van der Waals surface area contributed by atoms with Gasteiger partial charge in [0.05, 0.1) is 18.1 Å². The summed E-state index contributed by atoms with van der Waals surface area (Å²) in [5, 5.41) is 15.1. The maximum Gasteiger partial charge on any atom is 0.236 e. The van der Waals surface area contributed by atoms with Gasteiger partial charge in [0.25, 0.3) is 0 Å². The summed E-state index contributed by atoms with van der Waals surface area (Å²) in [6.07, 6.45) is 0.160. The van der Waals surface area contributed by atoms with Crippen molar-refractivity contribution in [1.29, 1.82) is 0 Å². The summed E-state index contributed by atoms with van der Waals surface area (Å²) in [5.41, 5.74) is 7.61. The van der Waals surface area contributed by atoms with Gasteiger partial charge in [0.15, 0.2) is 0 Å². The zero-order chi connectivity index (χ0) is 19.0. The number of halogens is 1. The standard InChI is InChI=1S/C19H31N3O3.ClH/c1-12(2)9-15-5-7-16(8-6-15)13(3)18(24)21-10-17(23)11-22-19(25)14(4)20;/h5-8,12-14,17,23H,9-11,20H2,1-4H3,(H,21,24)(H,22,25);1H/t13?,14-,17?;/m0./s1. The zero-order valence-corrected chi connectivity index (χ0v) is 16.8. The van der Waals surface area contributed by atoms with E-state index in [1.54, 1.807) is 6.92 Å². The molecule has 5 N–H and O–H groups in total. The fraction of sp³-hybridized carbons (Fsp3) is 0.579.